The van der Waals surface area contributed by atoms with Crippen LogP contribution in [-0.4, -0.2) is 43.8 Å². The quantitative estimate of drug-likeness (QED) is 0.713. The van der Waals surface area contributed by atoms with Crippen molar-refractivity contribution in [3.63, 3.8) is 0 Å². The number of piperidine rings is 1. The summed E-state index contributed by atoms with van der Waals surface area (Å²) in [4.78, 5) is 19.0. The van der Waals surface area contributed by atoms with Crippen molar-refractivity contribution >= 4 is 5.91 Å². The lowest BCUT2D eigenvalue weighted by atomic mass is 9.89. The van der Waals surface area contributed by atoms with E-state index in [-0.39, 0.29) is 5.91 Å². The lowest BCUT2D eigenvalue weighted by Crippen LogP contribution is -2.37. The number of hydrogen-bond acceptors (Lipinski definition) is 5. The molecule has 0 bridgehead atoms. The molecule has 3 aromatic heterocycles. The number of nitrogens with zero attached hydrogens (tertiary/aromatic N) is 5. The van der Waals surface area contributed by atoms with E-state index >= 15 is 0 Å². The Morgan fingerprint density at radius 1 is 1.26 bits per heavy atom. The number of hydrogen-bond donors (Lipinski definition) is 0. The molecule has 0 N–H and O–H groups in total. The zero-order valence-electron chi connectivity index (χ0n) is 15.8. The third kappa shape index (κ3) is 3.37. The van der Waals surface area contributed by atoms with Crippen LogP contribution in [0.4, 0.5) is 0 Å². The zero-order valence-corrected chi connectivity index (χ0v) is 15.8. The molecule has 3 aromatic rings. The van der Waals surface area contributed by atoms with Crippen molar-refractivity contribution < 1.29 is 9.32 Å². The van der Waals surface area contributed by atoms with Gasteiger partial charge >= 0.3 is 0 Å². The summed E-state index contributed by atoms with van der Waals surface area (Å²) in [6.07, 6.45) is 7.14. The van der Waals surface area contributed by atoms with Crippen molar-refractivity contribution in [3.05, 3.63) is 53.3 Å². The molecule has 7 heteroatoms. The van der Waals surface area contributed by atoms with E-state index < -0.39 is 0 Å². The van der Waals surface area contributed by atoms with E-state index in [4.69, 9.17) is 4.52 Å². The Kier molecular flexibility index (Phi) is 4.51. The maximum absolute atomic E-state index is 12.6. The van der Waals surface area contributed by atoms with Gasteiger partial charge in [0, 0.05) is 32.5 Å². The van der Waals surface area contributed by atoms with Crippen molar-refractivity contribution in [2.24, 2.45) is 7.05 Å². The first kappa shape index (κ1) is 17.5. The van der Waals surface area contributed by atoms with Crippen molar-refractivity contribution in [3.8, 4) is 11.3 Å². The summed E-state index contributed by atoms with van der Waals surface area (Å²) in [7, 11) is 1.82. The molecular weight excluding hydrogens is 342 g/mol. The maximum Gasteiger partial charge on any atom is 0.257 e. The first-order valence-corrected chi connectivity index (χ1v) is 9.20. The Morgan fingerprint density at radius 2 is 2.04 bits per heavy atom. The maximum atomic E-state index is 12.6. The van der Waals surface area contributed by atoms with Crippen molar-refractivity contribution in [1.82, 2.24) is 24.8 Å². The van der Waals surface area contributed by atoms with Crippen LogP contribution in [-0.2, 0) is 7.05 Å². The van der Waals surface area contributed by atoms with Crippen LogP contribution >= 0.6 is 0 Å². The molecule has 27 heavy (non-hydrogen) atoms. The van der Waals surface area contributed by atoms with Crippen LogP contribution in [0.25, 0.3) is 11.3 Å². The van der Waals surface area contributed by atoms with E-state index in [1.807, 2.05) is 32.0 Å². The Balaban J connectivity index is 1.47. The van der Waals surface area contributed by atoms with Gasteiger partial charge in [-0.1, -0.05) is 5.16 Å². The molecule has 0 aliphatic carbocycles. The average Bonchev–Trinajstić information content (AvgIpc) is 3.26. The highest BCUT2D eigenvalue weighted by molar-refractivity contribution is 5.93. The van der Waals surface area contributed by atoms with Gasteiger partial charge in [0.2, 0.25) is 0 Å². The van der Waals surface area contributed by atoms with E-state index in [9.17, 15) is 4.79 Å². The van der Waals surface area contributed by atoms with Gasteiger partial charge in [0.05, 0.1) is 28.7 Å². The van der Waals surface area contributed by atoms with Crippen LogP contribution in [0.15, 0.2) is 35.2 Å². The molecule has 1 saturated heterocycles. The van der Waals surface area contributed by atoms with E-state index in [0.29, 0.717) is 11.5 Å². The monoisotopic (exact) mass is 365 g/mol. The number of pyridine rings is 1. The van der Waals surface area contributed by atoms with E-state index in [0.717, 1.165) is 48.6 Å². The summed E-state index contributed by atoms with van der Waals surface area (Å²) in [5, 5.41) is 8.12. The number of rotatable bonds is 3. The molecule has 1 aliphatic rings. The molecule has 0 saturated carbocycles. The molecule has 1 amide bonds. The standard InChI is InChI=1S/C20H23N5O2/c1-13-19(14(2)27-23-13)18-10-16(4-7-21-18)15-5-8-25(9-6-15)20(26)17-11-22-24(3)12-17/h4,7,10-12,15H,5-6,8-9H2,1-3H3. The fourth-order valence-corrected chi connectivity index (χ4v) is 3.82. The van der Waals surface area contributed by atoms with Crippen LogP contribution in [0.2, 0.25) is 0 Å². The van der Waals surface area contributed by atoms with Crippen molar-refractivity contribution in [1.29, 1.82) is 0 Å². The van der Waals surface area contributed by atoms with Crippen LogP contribution in [0, 0.1) is 13.8 Å². The number of amides is 1. The molecule has 0 spiro atoms. The van der Waals surface area contributed by atoms with Crippen LogP contribution in [0.3, 0.4) is 0 Å². The van der Waals surface area contributed by atoms with Gasteiger partial charge < -0.3 is 9.42 Å². The first-order chi connectivity index (χ1) is 13.0. The molecule has 4 rings (SSSR count). The fraction of sp³-hybridized carbons (Fsp3) is 0.400. The van der Waals surface area contributed by atoms with Crippen LogP contribution in [0.1, 0.15) is 46.1 Å². The van der Waals surface area contributed by atoms with Crippen LogP contribution < -0.4 is 0 Å². The SMILES string of the molecule is Cc1noc(C)c1-c1cc(C2CCN(C(=O)c3cnn(C)c3)CC2)ccn1. The third-order valence-electron chi connectivity index (χ3n) is 5.28. The lowest BCUT2D eigenvalue weighted by Gasteiger charge is -2.32. The molecule has 0 aromatic carbocycles. The smallest absolute Gasteiger partial charge is 0.257 e. The molecule has 1 aliphatic heterocycles. The fourth-order valence-electron chi connectivity index (χ4n) is 3.82. The van der Waals surface area contributed by atoms with Gasteiger partial charge in [-0.2, -0.15) is 5.10 Å². The molecule has 1 fully saturated rings. The van der Waals surface area contributed by atoms with Gasteiger partial charge in [0.1, 0.15) is 5.76 Å². The molecule has 140 valence electrons. The van der Waals surface area contributed by atoms with Crippen LogP contribution in [0.5, 0.6) is 0 Å². The summed E-state index contributed by atoms with van der Waals surface area (Å²) in [5.74, 6) is 1.27. The zero-order chi connectivity index (χ0) is 19.0. The summed E-state index contributed by atoms with van der Waals surface area (Å²) in [6.45, 7) is 5.34. The Morgan fingerprint density at radius 3 is 2.67 bits per heavy atom. The van der Waals surface area contributed by atoms with Gasteiger partial charge in [-0.25, -0.2) is 0 Å². The predicted molar refractivity (Wildman–Crippen MR) is 100 cm³/mol. The van der Waals surface area contributed by atoms with Gasteiger partial charge in [-0.05, 0) is 50.3 Å². The number of aromatic nitrogens is 4. The van der Waals surface area contributed by atoms with Crippen molar-refractivity contribution in [2.45, 2.75) is 32.6 Å². The summed E-state index contributed by atoms with van der Waals surface area (Å²) < 4.78 is 6.94. The normalized spacial score (nSPS) is 15.3. The predicted octanol–water partition coefficient (Wildman–Crippen LogP) is 3.11. The molecular formula is C20H23N5O2. The number of carbonyl (C=O) groups excluding carboxylic acids is 1. The Labute approximate surface area is 158 Å². The Hall–Kier alpha value is -2.96. The lowest BCUT2D eigenvalue weighted by molar-refractivity contribution is 0.0713. The minimum Gasteiger partial charge on any atom is -0.361 e. The van der Waals surface area contributed by atoms with E-state index in [1.165, 1.54) is 5.56 Å². The summed E-state index contributed by atoms with van der Waals surface area (Å²) in [5.41, 5.74) is 4.64. The van der Waals surface area contributed by atoms with Crippen molar-refractivity contribution in [2.75, 3.05) is 13.1 Å². The molecule has 0 atom stereocenters. The second-order valence-corrected chi connectivity index (χ2v) is 7.14. The highest BCUT2D eigenvalue weighted by Crippen LogP contribution is 2.32. The number of aryl methyl sites for hydroxylation is 3. The average molecular weight is 365 g/mol. The third-order valence-corrected chi connectivity index (χ3v) is 5.28. The minimum atomic E-state index is 0.0627. The molecule has 0 radical (unpaired) electrons. The Bertz CT molecular complexity index is 947. The highest BCUT2D eigenvalue weighted by atomic mass is 16.5. The van der Waals surface area contributed by atoms with Gasteiger partial charge in [-0.15, -0.1) is 0 Å². The van der Waals surface area contributed by atoms with Gasteiger partial charge in [0.15, 0.2) is 0 Å². The molecule has 4 heterocycles. The molecule has 0 unspecified atom stereocenters. The summed E-state index contributed by atoms with van der Waals surface area (Å²) in [6, 6.07) is 4.21. The molecule has 7 nitrogen and oxygen atoms in total. The topological polar surface area (TPSA) is 77.0 Å². The second-order valence-electron chi connectivity index (χ2n) is 7.14. The van der Waals surface area contributed by atoms with E-state index in [2.05, 4.69) is 27.4 Å². The number of carbonyl (C=O) groups is 1. The highest BCUT2D eigenvalue weighted by Gasteiger charge is 2.26. The minimum absolute atomic E-state index is 0.0627. The van der Waals surface area contributed by atoms with Gasteiger partial charge in [-0.3, -0.25) is 14.5 Å². The van der Waals surface area contributed by atoms with Gasteiger partial charge in [0.25, 0.3) is 5.91 Å². The largest absolute Gasteiger partial charge is 0.361 e. The second kappa shape index (κ2) is 6.98. The summed E-state index contributed by atoms with van der Waals surface area (Å²) >= 11 is 0. The number of likely N-dealkylation sites (tertiary alicyclic amines) is 1. The van der Waals surface area contributed by atoms with E-state index in [1.54, 1.807) is 17.1 Å². The first-order valence-electron chi connectivity index (χ1n) is 9.20.